The highest BCUT2D eigenvalue weighted by Crippen LogP contribution is 2.22. The largest absolute Gasteiger partial charge is 0.377 e. The Kier molecular flexibility index (Phi) is 4.82. The summed E-state index contributed by atoms with van der Waals surface area (Å²) in [5.41, 5.74) is 5.59. The average Bonchev–Trinajstić information content (AvgIpc) is 2.70. The number of ether oxygens (including phenoxy) is 1. The van der Waals surface area contributed by atoms with Crippen molar-refractivity contribution in [2.24, 2.45) is 5.73 Å². The number of hydrogen-bond donors (Lipinski definition) is 1. The molecular weight excluding hydrogens is 236 g/mol. The zero-order chi connectivity index (χ0) is 12.1. The van der Waals surface area contributed by atoms with Crippen molar-refractivity contribution >= 4 is 11.8 Å². The standard InChI is InChI=1S/C11H20N4OS/c1-9-13-14-11(15(9)6-5-12)17-8-10-4-2-3-7-16-10/h10H,2-8,12H2,1H3. The summed E-state index contributed by atoms with van der Waals surface area (Å²) in [4.78, 5) is 0. The van der Waals surface area contributed by atoms with Crippen LogP contribution in [0.4, 0.5) is 0 Å². The number of aryl methyl sites for hydroxylation is 1. The highest BCUT2D eigenvalue weighted by molar-refractivity contribution is 7.99. The van der Waals surface area contributed by atoms with Crippen LogP contribution in [-0.4, -0.2) is 39.8 Å². The van der Waals surface area contributed by atoms with E-state index in [1.165, 1.54) is 12.8 Å². The molecule has 1 aliphatic heterocycles. The van der Waals surface area contributed by atoms with E-state index in [0.29, 0.717) is 12.6 Å². The smallest absolute Gasteiger partial charge is 0.191 e. The second kappa shape index (κ2) is 6.37. The van der Waals surface area contributed by atoms with Gasteiger partial charge < -0.3 is 15.0 Å². The molecule has 0 radical (unpaired) electrons. The quantitative estimate of drug-likeness (QED) is 0.802. The number of hydrogen-bond acceptors (Lipinski definition) is 5. The molecule has 17 heavy (non-hydrogen) atoms. The maximum atomic E-state index is 5.70. The van der Waals surface area contributed by atoms with Crippen LogP contribution in [0.5, 0.6) is 0 Å². The molecule has 0 bridgehead atoms. The zero-order valence-corrected chi connectivity index (χ0v) is 11.1. The van der Waals surface area contributed by atoms with Gasteiger partial charge in [0.25, 0.3) is 0 Å². The first kappa shape index (κ1) is 12.9. The first-order valence-corrected chi connectivity index (χ1v) is 7.14. The average molecular weight is 256 g/mol. The lowest BCUT2D eigenvalue weighted by atomic mass is 10.1. The fourth-order valence-corrected chi connectivity index (χ4v) is 3.04. The zero-order valence-electron chi connectivity index (χ0n) is 10.3. The lowest BCUT2D eigenvalue weighted by molar-refractivity contribution is 0.0315. The maximum Gasteiger partial charge on any atom is 0.191 e. The second-order valence-electron chi connectivity index (χ2n) is 4.27. The maximum absolute atomic E-state index is 5.70. The monoisotopic (exact) mass is 256 g/mol. The van der Waals surface area contributed by atoms with E-state index in [0.717, 1.165) is 36.3 Å². The second-order valence-corrected chi connectivity index (χ2v) is 5.26. The van der Waals surface area contributed by atoms with Gasteiger partial charge in [-0.1, -0.05) is 11.8 Å². The number of aromatic nitrogens is 3. The molecule has 1 fully saturated rings. The molecule has 6 heteroatoms. The van der Waals surface area contributed by atoms with Gasteiger partial charge in [-0.3, -0.25) is 0 Å². The van der Waals surface area contributed by atoms with Gasteiger partial charge in [0.2, 0.25) is 0 Å². The van der Waals surface area contributed by atoms with Gasteiger partial charge in [0.05, 0.1) is 6.10 Å². The Morgan fingerprint density at radius 1 is 1.47 bits per heavy atom. The lowest BCUT2D eigenvalue weighted by Gasteiger charge is -2.21. The third-order valence-electron chi connectivity index (χ3n) is 2.93. The van der Waals surface area contributed by atoms with E-state index < -0.39 is 0 Å². The van der Waals surface area contributed by atoms with Crippen LogP contribution in [-0.2, 0) is 11.3 Å². The molecular formula is C11H20N4OS. The molecule has 1 atom stereocenters. The highest BCUT2D eigenvalue weighted by Gasteiger charge is 2.16. The first-order valence-electron chi connectivity index (χ1n) is 6.15. The third-order valence-corrected chi connectivity index (χ3v) is 4.03. The first-order chi connectivity index (χ1) is 8.31. The normalized spacial score (nSPS) is 20.7. The minimum absolute atomic E-state index is 0.372. The van der Waals surface area contributed by atoms with Gasteiger partial charge in [-0.25, -0.2) is 0 Å². The van der Waals surface area contributed by atoms with E-state index in [9.17, 15) is 0 Å². The molecule has 0 amide bonds. The van der Waals surface area contributed by atoms with Crippen LogP contribution in [0.2, 0.25) is 0 Å². The van der Waals surface area contributed by atoms with Crippen molar-refractivity contribution in [3.63, 3.8) is 0 Å². The fraction of sp³-hybridized carbons (Fsp3) is 0.818. The minimum atomic E-state index is 0.372. The molecule has 0 saturated carbocycles. The Bertz CT molecular complexity index is 349. The topological polar surface area (TPSA) is 66.0 Å². The van der Waals surface area contributed by atoms with Gasteiger partial charge in [0.15, 0.2) is 5.16 Å². The van der Waals surface area contributed by atoms with Crippen LogP contribution >= 0.6 is 11.8 Å². The van der Waals surface area contributed by atoms with Crippen molar-refractivity contribution in [1.82, 2.24) is 14.8 Å². The summed E-state index contributed by atoms with van der Waals surface area (Å²) < 4.78 is 7.78. The summed E-state index contributed by atoms with van der Waals surface area (Å²) in [5.74, 6) is 1.89. The van der Waals surface area contributed by atoms with E-state index in [1.54, 1.807) is 11.8 Å². The van der Waals surface area contributed by atoms with Gasteiger partial charge in [-0.2, -0.15) is 0 Å². The van der Waals surface area contributed by atoms with E-state index in [4.69, 9.17) is 10.5 Å². The van der Waals surface area contributed by atoms with Crippen molar-refractivity contribution in [1.29, 1.82) is 0 Å². The number of nitrogens with two attached hydrogens (primary N) is 1. The van der Waals surface area contributed by atoms with E-state index in [-0.39, 0.29) is 0 Å². The summed E-state index contributed by atoms with van der Waals surface area (Å²) >= 11 is 1.72. The minimum Gasteiger partial charge on any atom is -0.377 e. The van der Waals surface area contributed by atoms with Crippen LogP contribution in [0.1, 0.15) is 25.1 Å². The summed E-state index contributed by atoms with van der Waals surface area (Å²) in [6.45, 7) is 4.27. The molecule has 2 heterocycles. The van der Waals surface area contributed by atoms with Crippen molar-refractivity contribution in [3.8, 4) is 0 Å². The van der Waals surface area contributed by atoms with Crippen LogP contribution < -0.4 is 5.73 Å². The molecule has 1 aromatic heterocycles. The molecule has 1 aliphatic rings. The molecule has 5 nitrogen and oxygen atoms in total. The SMILES string of the molecule is Cc1nnc(SCC2CCCCO2)n1CCN. The summed E-state index contributed by atoms with van der Waals surface area (Å²) in [5, 5.41) is 9.24. The van der Waals surface area contributed by atoms with E-state index in [1.807, 2.05) is 6.92 Å². The number of rotatable bonds is 5. The molecule has 0 aromatic carbocycles. The van der Waals surface area contributed by atoms with Gasteiger partial charge in [-0.15, -0.1) is 10.2 Å². The Balaban J connectivity index is 1.89. The van der Waals surface area contributed by atoms with Gasteiger partial charge >= 0.3 is 0 Å². The molecule has 1 unspecified atom stereocenters. The van der Waals surface area contributed by atoms with Crippen molar-refractivity contribution in [2.75, 3.05) is 18.9 Å². The van der Waals surface area contributed by atoms with Crippen LogP contribution in [0.3, 0.4) is 0 Å². The third kappa shape index (κ3) is 3.43. The molecule has 0 spiro atoms. The van der Waals surface area contributed by atoms with Gasteiger partial charge in [0.1, 0.15) is 5.82 Å². The summed E-state index contributed by atoms with van der Waals surface area (Å²) in [6, 6.07) is 0. The molecule has 2 N–H and O–H groups in total. The Hall–Kier alpha value is -0.590. The molecule has 96 valence electrons. The lowest BCUT2D eigenvalue weighted by Crippen LogP contribution is -2.21. The summed E-state index contributed by atoms with van der Waals surface area (Å²) in [7, 11) is 0. The number of thioether (sulfide) groups is 1. The van der Waals surface area contributed by atoms with Crippen molar-refractivity contribution in [2.45, 2.75) is 44.0 Å². The van der Waals surface area contributed by atoms with Crippen LogP contribution in [0, 0.1) is 6.92 Å². The van der Waals surface area contributed by atoms with Crippen LogP contribution in [0.15, 0.2) is 5.16 Å². The van der Waals surface area contributed by atoms with Crippen molar-refractivity contribution in [3.05, 3.63) is 5.82 Å². The molecule has 2 rings (SSSR count). The Labute approximate surface area is 106 Å². The Morgan fingerprint density at radius 3 is 3.06 bits per heavy atom. The molecule has 1 aromatic rings. The van der Waals surface area contributed by atoms with Crippen LogP contribution in [0.25, 0.3) is 0 Å². The fourth-order valence-electron chi connectivity index (χ4n) is 1.96. The summed E-state index contributed by atoms with van der Waals surface area (Å²) in [6.07, 6.45) is 4.01. The predicted molar refractivity (Wildman–Crippen MR) is 68.1 cm³/mol. The number of nitrogens with zero attached hydrogens (tertiary/aromatic N) is 3. The highest BCUT2D eigenvalue weighted by atomic mass is 32.2. The molecule has 1 saturated heterocycles. The Morgan fingerprint density at radius 2 is 2.35 bits per heavy atom. The van der Waals surface area contributed by atoms with Gasteiger partial charge in [-0.05, 0) is 26.2 Å². The van der Waals surface area contributed by atoms with Crippen molar-refractivity contribution < 1.29 is 4.74 Å². The predicted octanol–water partition coefficient (Wildman–Crippen LogP) is 1.21. The van der Waals surface area contributed by atoms with Gasteiger partial charge in [0, 0.05) is 25.4 Å². The molecule has 0 aliphatic carbocycles. The van der Waals surface area contributed by atoms with E-state index >= 15 is 0 Å². The van der Waals surface area contributed by atoms with E-state index in [2.05, 4.69) is 14.8 Å².